The number of carbonyl (C=O) groups is 1. The Balaban J connectivity index is 1.78. The molecule has 6 nitrogen and oxygen atoms in total. The van der Waals surface area contributed by atoms with E-state index in [1.165, 1.54) is 12.1 Å². The van der Waals surface area contributed by atoms with Crippen molar-refractivity contribution in [3.63, 3.8) is 0 Å². The molecule has 126 valence electrons. The number of nitrogens with zero attached hydrogens (tertiary/aromatic N) is 1. The Morgan fingerprint density at radius 1 is 1.20 bits per heavy atom. The van der Waals surface area contributed by atoms with E-state index in [2.05, 4.69) is 17.5 Å². The Morgan fingerprint density at radius 3 is 2.64 bits per heavy atom. The standard InChI is InChI=1S/C19H16N2O4/c22-19(23)16-6-2-5-15-13-3-1-4-14(13)17(20-18(15)16)11-7-9-12(10-8-11)21(24)25/h1-3,5-10,13-14,17,20H,4H2,(H,22,23)/t13-,14+,17-/m0/s1. The average molecular weight is 336 g/mol. The summed E-state index contributed by atoms with van der Waals surface area (Å²) in [5.74, 6) is -0.555. The van der Waals surface area contributed by atoms with Gasteiger partial charge in [-0.2, -0.15) is 0 Å². The van der Waals surface area contributed by atoms with Crippen LogP contribution in [0.5, 0.6) is 0 Å². The number of para-hydroxylation sites is 1. The van der Waals surface area contributed by atoms with Crippen molar-refractivity contribution >= 4 is 17.3 Å². The summed E-state index contributed by atoms with van der Waals surface area (Å²) in [5, 5.41) is 23.8. The van der Waals surface area contributed by atoms with Crippen LogP contribution in [0.1, 0.15) is 39.9 Å². The average Bonchev–Trinajstić information content (AvgIpc) is 3.10. The fraction of sp³-hybridized carbons (Fsp3) is 0.211. The van der Waals surface area contributed by atoms with Crippen molar-refractivity contribution in [1.29, 1.82) is 0 Å². The molecule has 0 spiro atoms. The zero-order valence-electron chi connectivity index (χ0n) is 13.3. The Bertz CT molecular complexity index is 889. The summed E-state index contributed by atoms with van der Waals surface area (Å²) in [5.41, 5.74) is 2.87. The summed E-state index contributed by atoms with van der Waals surface area (Å²) < 4.78 is 0. The van der Waals surface area contributed by atoms with Crippen molar-refractivity contribution < 1.29 is 14.8 Å². The molecule has 0 saturated carbocycles. The molecule has 2 aromatic rings. The smallest absolute Gasteiger partial charge is 0.337 e. The van der Waals surface area contributed by atoms with Crippen molar-refractivity contribution in [2.75, 3.05) is 5.32 Å². The molecular weight excluding hydrogens is 320 g/mol. The zero-order valence-corrected chi connectivity index (χ0v) is 13.3. The second-order valence-electron chi connectivity index (χ2n) is 6.40. The number of carboxylic acids is 1. The Kier molecular flexibility index (Phi) is 3.53. The van der Waals surface area contributed by atoms with Gasteiger partial charge in [0.1, 0.15) is 0 Å². The van der Waals surface area contributed by atoms with Gasteiger partial charge in [0.2, 0.25) is 0 Å². The first-order valence-electron chi connectivity index (χ1n) is 8.10. The highest BCUT2D eigenvalue weighted by Gasteiger charge is 2.39. The van der Waals surface area contributed by atoms with Gasteiger partial charge in [-0.25, -0.2) is 4.79 Å². The summed E-state index contributed by atoms with van der Waals surface area (Å²) >= 11 is 0. The van der Waals surface area contributed by atoms with Gasteiger partial charge in [0.25, 0.3) is 5.69 Å². The fourth-order valence-corrected chi connectivity index (χ4v) is 3.93. The topological polar surface area (TPSA) is 92.5 Å². The predicted molar refractivity (Wildman–Crippen MR) is 92.8 cm³/mol. The molecule has 0 radical (unpaired) electrons. The van der Waals surface area contributed by atoms with E-state index in [-0.39, 0.29) is 29.1 Å². The lowest BCUT2D eigenvalue weighted by atomic mass is 9.76. The highest BCUT2D eigenvalue weighted by atomic mass is 16.6. The predicted octanol–water partition coefficient (Wildman–Crippen LogP) is 4.12. The summed E-state index contributed by atoms with van der Waals surface area (Å²) in [6.07, 6.45) is 5.14. The van der Waals surface area contributed by atoms with E-state index in [1.54, 1.807) is 24.3 Å². The van der Waals surface area contributed by atoms with Crippen molar-refractivity contribution in [3.05, 3.63) is 81.4 Å². The van der Waals surface area contributed by atoms with Gasteiger partial charge in [-0.05, 0) is 29.5 Å². The highest BCUT2D eigenvalue weighted by molar-refractivity contribution is 5.95. The van der Waals surface area contributed by atoms with E-state index < -0.39 is 10.9 Å². The third kappa shape index (κ3) is 2.46. The number of hydrogen-bond acceptors (Lipinski definition) is 4. The number of carboxylic acid groups (broad SMARTS) is 1. The minimum atomic E-state index is -0.966. The van der Waals surface area contributed by atoms with Crippen molar-refractivity contribution in [2.45, 2.75) is 18.4 Å². The number of rotatable bonds is 3. The molecule has 0 unspecified atom stereocenters. The monoisotopic (exact) mass is 336 g/mol. The first-order chi connectivity index (χ1) is 12.1. The number of non-ortho nitro benzene ring substituents is 1. The first-order valence-corrected chi connectivity index (χ1v) is 8.10. The van der Waals surface area contributed by atoms with Crippen molar-refractivity contribution in [1.82, 2.24) is 0 Å². The number of hydrogen-bond donors (Lipinski definition) is 2. The van der Waals surface area contributed by atoms with Gasteiger partial charge >= 0.3 is 5.97 Å². The molecule has 3 atom stereocenters. The Hall–Kier alpha value is -3.15. The molecule has 1 heterocycles. The molecule has 0 aromatic heterocycles. The largest absolute Gasteiger partial charge is 0.478 e. The molecule has 0 bridgehead atoms. The van der Waals surface area contributed by atoms with Crippen molar-refractivity contribution in [2.24, 2.45) is 5.92 Å². The normalized spacial score (nSPS) is 23.4. The summed E-state index contributed by atoms with van der Waals surface area (Å²) in [6.45, 7) is 0. The third-order valence-electron chi connectivity index (χ3n) is 5.09. The van der Waals surface area contributed by atoms with Crippen LogP contribution >= 0.6 is 0 Å². The van der Waals surface area contributed by atoms with Crippen LogP contribution in [0.4, 0.5) is 11.4 Å². The number of benzene rings is 2. The Labute approximate surface area is 144 Å². The van der Waals surface area contributed by atoms with Gasteiger partial charge in [-0.1, -0.05) is 36.4 Å². The van der Waals surface area contributed by atoms with E-state index in [0.29, 0.717) is 5.69 Å². The van der Waals surface area contributed by atoms with Crippen LogP contribution < -0.4 is 5.32 Å². The van der Waals surface area contributed by atoms with Crippen LogP contribution in [0, 0.1) is 16.0 Å². The minimum Gasteiger partial charge on any atom is -0.478 e. The lowest BCUT2D eigenvalue weighted by Crippen LogP contribution is -2.30. The number of nitrogens with one attached hydrogen (secondary N) is 1. The molecule has 1 aliphatic carbocycles. The summed E-state index contributed by atoms with van der Waals surface area (Å²) in [6, 6.07) is 11.7. The number of anilines is 1. The maximum Gasteiger partial charge on any atom is 0.337 e. The molecule has 6 heteroatoms. The maximum atomic E-state index is 11.6. The Morgan fingerprint density at radius 2 is 1.96 bits per heavy atom. The molecule has 25 heavy (non-hydrogen) atoms. The van der Waals surface area contributed by atoms with Crippen LogP contribution in [0.25, 0.3) is 0 Å². The maximum absolute atomic E-state index is 11.6. The minimum absolute atomic E-state index is 0.0484. The highest BCUT2D eigenvalue weighted by Crippen LogP contribution is 2.50. The van der Waals surface area contributed by atoms with E-state index in [4.69, 9.17) is 0 Å². The molecular formula is C19H16N2O4. The lowest BCUT2D eigenvalue weighted by molar-refractivity contribution is -0.384. The van der Waals surface area contributed by atoms with E-state index >= 15 is 0 Å². The number of fused-ring (bicyclic) bond motifs is 3. The van der Waals surface area contributed by atoms with Crippen LogP contribution in [0.2, 0.25) is 0 Å². The quantitative estimate of drug-likeness (QED) is 0.500. The second-order valence-corrected chi connectivity index (χ2v) is 6.40. The van der Waals surface area contributed by atoms with Crippen LogP contribution in [0.15, 0.2) is 54.6 Å². The van der Waals surface area contributed by atoms with Crippen LogP contribution in [0.3, 0.4) is 0 Å². The zero-order chi connectivity index (χ0) is 17.6. The fourth-order valence-electron chi connectivity index (χ4n) is 3.93. The first kappa shape index (κ1) is 15.4. The van der Waals surface area contributed by atoms with Crippen molar-refractivity contribution in [3.8, 4) is 0 Å². The van der Waals surface area contributed by atoms with Gasteiger partial charge in [0, 0.05) is 18.1 Å². The summed E-state index contributed by atoms with van der Waals surface area (Å²) in [7, 11) is 0. The number of aromatic carboxylic acids is 1. The molecule has 1 aliphatic heterocycles. The van der Waals surface area contributed by atoms with E-state index in [9.17, 15) is 20.0 Å². The molecule has 2 N–H and O–H groups in total. The van der Waals surface area contributed by atoms with Gasteiger partial charge in [-0.15, -0.1) is 0 Å². The number of allylic oxidation sites excluding steroid dienone is 2. The van der Waals surface area contributed by atoms with Gasteiger partial charge < -0.3 is 10.4 Å². The molecule has 4 rings (SSSR count). The lowest BCUT2D eigenvalue weighted by Gasteiger charge is -2.38. The molecule has 2 aromatic carbocycles. The van der Waals surface area contributed by atoms with Gasteiger partial charge in [0.05, 0.1) is 22.2 Å². The number of nitro benzene ring substituents is 1. The molecule has 0 amide bonds. The van der Waals surface area contributed by atoms with E-state index in [1.807, 2.05) is 6.07 Å². The second kappa shape index (κ2) is 5.73. The third-order valence-corrected chi connectivity index (χ3v) is 5.09. The molecule has 0 fully saturated rings. The van der Waals surface area contributed by atoms with Crippen LogP contribution in [-0.2, 0) is 0 Å². The van der Waals surface area contributed by atoms with Gasteiger partial charge in [0.15, 0.2) is 0 Å². The van der Waals surface area contributed by atoms with E-state index in [0.717, 1.165) is 17.5 Å². The molecule has 2 aliphatic rings. The molecule has 0 saturated heterocycles. The summed E-state index contributed by atoms with van der Waals surface area (Å²) in [4.78, 5) is 22.0. The van der Waals surface area contributed by atoms with Gasteiger partial charge in [-0.3, -0.25) is 10.1 Å². The van der Waals surface area contributed by atoms with Crippen LogP contribution in [-0.4, -0.2) is 16.0 Å². The SMILES string of the molecule is O=C(O)c1cccc2c1N[C@@H](c1ccc([N+](=O)[O-])cc1)[C@@H]1CC=C[C@H]21. The number of nitro groups is 1.